The molecule has 1 saturated carbocycles. The number of hydrogen-bond acceptors (Lipinski definition) is 5. The average molecular weight is 445 g/mol. The van der Waals surface area contributed by atoms with Crippen molar-refractivity contribution in [3.05, 3.63) is 65.4 Å². The van der Waals surface area contributed by atoms with Gasteiger partial charge in [0.2, 0.25) is 0 Å². The number of fused-ring (bicyclic) bond motifs is 1. The molecular weight excluding hydrogens is 412 g/mol. The van der Waals surface area contributed by atoms with Crippen molar-refractivity contribution in [2.75, 3.05) is 39.2 Å². The minimum atomic E-state index is -0.359. The Hall–Kier alpha value is -3.12. The number of rotatable bonds is 7. The fourth-order valence-corrected chi connectivity index (χ4v) is 4.60. The first kappa shape index (κ1) is 21.7. The van der Waals surface area contributed by atoms with Gasteiger partial charge in [0, 0.05) is 43.0 Å². The highest BCUT2D eigenvalue weighted by Crippen LogP contribution is 2.49. The van der Waals surface area contributed by atoms with Gasteiger partial charge >= 0.3 is 0 Å². The van der Waals surface area contributed by atoms with Gasteiger partial charge in [0.1, 0.15) is 12.4 Å². The smallest absolute Gasteiger partial charge is 0.252 e. The topological polar surface area (TPSA) is 57.7 Å². The quantitative estimate of drug-likeness (QED) is 0.594. The molecule has 3 aromatic rings. The Morgan fingerprint density at radius 1 is 1.24 bits per heavy atom. The third-order valence-electron chi connectivity index (χ3n) is 7.17. The molecule has 0 spiro atoms. The van der Waals surface area contributed by atoms with Gasteiger partial charge in [0.25, 0.3) is 5.91 Å². The zero-order valence-corrected chi connectivity index (χ0v) is 19.9. The van der Waals surface area contributed by atoms with Crippen molar-refractivity contribution in [1.29, 1.82) is 0 Å². The molecule has 1 aliphatic carbocycles. The van der Waals surface area contributed by atoms with Gasteiger partial charge in [0.15, 0.2) is 0 Å². The predicted molar refractivity (Wildman–Crippen MR) is 132 cm³/mol. The Balaban J connectivity index is 1.41. The molecule has 1 amide bonds. The molecule has 0 bridgehead atoms. The van der Waals surface area contributed by atoms with E-state index < -0.39 is 0 Å². The van der Waals surface area contributed by atoms with Gasteiger partial charge in [-0.25, -0.2) is 0 Å². The van der Waals surface area contributed by atoms with Gasteiger partial charge in [0.05, 0.1) is 11.1 Å². The summed E-state index contributed by atoms with van der Waals surface area (Å²) in [5.74, 6) is 0.698. The third kappa shape index (κ3) is 4.15. The highest BCUT2D eigenvalue weighted by molar-refractivity contribution is 5.97. The number of amides is 1. The number of anilines is 1. The Bertz CT molecular complexity index is 1200. The summed E-state index contributed by atoms with van der Waals surface area (Å²) >= 11 is 0. The summed E-state index contributed by atoms with van der Waals surface area (Å²) in [5, 5.41) is 4.47. The molecule has 172 valence electrons. The lowest BCUT2D eigenvalue weighted by molar-refractivity contribution is 0.0767. The maximum absolute atomic E-state index is 13.5. The number of benzene rings is 2. The number of aromatic nitrogens is 1. The molecule has 1 aliphatic heterocycles. The fraction of sp³-hybridized carbons (Fsp3) is 0.407. The Morgan fingerprint density at radius 3 is 2.73 bits per heavy atom. The average Bonchev–Trinajstić information content (AvgIpc) is 3.58. The maximum Gasteiger partial charge on any atom is 0.252 e. The van der Waals surface area contributed by atoms with E-state index in [9.17, 15) is 4.79 Å². The van der Waals surface area contributed by atoms with Crippen LogP contribution in [0.15, 0.2) is 48.7 Å². The molecule has 0 unspecified atom stereocenters. The van der Waals surface area contributed by atoms with Crippen LogP contribution in [0.3, 0.4) is 0 Å². The number of ether oxygens (including phenoxy) is 1. The fourth-order valence-electron chi connectivity index (χ4n) is 4.60. The summed E-state index contributed by atoms with van der Waals surface area (Å²) in [5.41, 5.74) is 4.44. The number of pyridine rings is 1. The third-order valence-corrected chi connectivity index (χ3v) is 7.17. The lowest BCUT2D eigenvalue weighted by Crippen LogP contribution is -2.48. The SMILES string of the molecule is Cc1ccc(OC[C@@H]2CCN2C)cc1C(=O)NC1(c2cc(N(C)C)cc3ncccc23)CC1. The summed E-state index contributed by atoms with van der Waals surface area (Å²) in [7, 11) is 6.18. The second kappa shape index (κ2) is 8.34. The molecule has 2 aliphatic rings. The normalized spacial score (nSPS) is 19.1. The van der Waals surface area contributed by atoms with Crippen LogP contribution < -0.4 is 15.0 Å². The number of carbonyl (C=O) groups excluding carboxylic acids is 1. The van der Waals surface area contributed by atoms with Gasteiger partial charge in [-0.15, -0.1) is 0 Å². The standard InChI is InChI=1S/C27H32N4O2/c1-18-7-8-21(33-17-19-9-13-31(19)4)16-23(18)26(32)29-27(10-11-27)24-14-20(30(2)3)15-25-22(24)6-5-12-28-25/h5-8,12,14-16,19H,9-11,13,17H2,1-4H3,(H,29,32)/t19-/m0/s1. The van der Waals surface area contributed by atoms with Crippen molar-refractivity contribution in [3.8, 4) is 5.75 Å². The molecule has 1 saturated heterocycles. The number of likely N-dealkylation sites (tertiary alicyclic amines) is 1. The predicted octanol–water partition coefficient (Wildman–Crippen LogP) is 4.11. The molecule has 1 atom stereocenters. The van der Waals surface area contributed by atoms with Crippen molar-refractivity contribution >= 4 is 22.5 Å². The number of aryl methyl sites for hydroxylation is 1. The Kier molecular flexibility index (Phi) is 5.49. The summed E-state index contributed by atoms with van der Waals surface area (Å²) in [4.78, 5) is 22.4. The van der Waals surface area contributed by atoms with E-state index in [1.165, 1.54) is 0 Å². The minimum absolute atomic E-state index is 0.0523. The van der Waals surface area contributed by atoms with Gasteiger partial charge in [-0.05, 0) is 81.2 Å². The lowest BCUT2D eigenvalue weighted by Gasteiger charge is -2.37. The first-order valence-electron chi connectivity index (χ1n) is 11.7. The summed E-state index contributed by atoms with van der Waals surface area (Å²) in [6.07, 6.45) is 4.82. The first-order valence-corrected chi connectivity index (χ1v) is 11.7. The second-order valence-corrected chi connectivity index (χ2v) is 9.70. The van der Waals surface area contributed by atoms with Crippen molar-refractivity contribution in [1.82, 2.24) is 15.2 Å². The van der Waals surface area contributed by atoms with E-state index in [2.05, 4.69) is 45.3 Å². The Labute approximate surface area is 195 Å². The van der Waals surface area contributed by atoms with Gasteiger partial charge in [-0.3, -0.25) is 14.7 Å². The number of hydrogen-bond donors (Lipinski definition) is 1. The van der Waals surface area contributed by atoms with Crippen molar-refractivity contribution < 1.29 is 9.53 Å². The minimum Gasteiger partial charge on any atom is -0.492 e. The van der Waals surface area contributed by atoms with Gasteiger partial charge in [-0.2, -0.15) is 0 Å². The molecule has 6 heteroatoms. The highest BCUT2D eigenvalue weighted by Gasteiger charge is 2.47. The molecule has 2 aromatic carbocycles. The molecule has 2 heterocycles. The zero-order chi connectivity index (χ0) is 23.2. The van der Waals surface area contributed by atoms with Crippen LogP contribution in [0, 0.1) is 6.92 Å². The highest BCUT2D eigenvalue weighted by atomic mass is 16.5. The molecule has 6 nitrogen and oxygen atoms in total. The van der Waals surface area contributed by atoms with E-state index in [0.717, 1.165) is 59.3 Å². The molecule has 33 heavy (non-hydrogen) atoms. The number of nitrogens with zero attached hydrogens (tertiary/aromatic N) is 3. The van der Waals surface area contributed by atoms with Crippen molar-refractivity contribution in [2.24, 2.45) is 0 Å². The van der Waals surface area contributed by atoms with Gasteiger partial charge in [-0.1, -0.05) is 12.1 Å². The largest absolute Gasteiger partial charge is 0.492 e. The van der Waals surface area contributed by atoms with E-state index in [0.29, 0.717) is 18.2 Å². The van der Waals surface area contributed by atoms with Crippen molar-refractivity contribution in [2.45, 2.75) is 37.8 Å². The summed E-state index contributed by atoms with van der Waals surface area (Å²) in [6, 6.07) is 14.6. The van der Waals surface area contributed by atoms with Gasteiger partial charge < -0.3 is 15.0 Å². The zero-order valence-electron chi connectivity index (χ0n) is 19.9. The lowest BCUT2D eigenvalue weighted by atomic mass is 9.97. The van der Waals surface area contributed by atoms with Crippen LogP contribution in [0.2, 0.25) is 0 Å². The van der Waals surface area contributed by atoms with Crippen LogP contribution in [0.4, 0.5) is 5.69 Å². The van der Waals surface area contributed by atoms with Crippen LogP contribution >= 0.6 is 0 Å². The van der Waals surface area contributed by atoms with E-state index >= 15 is 0 Å². The first-order chi connectivity index (χ1) is 15.9. The van der Waals surface area contributed by atoms with E-state index in [1.807, 2.05) is 51.5 Å². The van der Waals surface area contributed by atoms with Crippen LogP contribution in [0.1, 0.15) is 40.7 Å². The van der Waals surface area contributed by atoms with E-state index in [4.69, 9.17) is 4.74 Å². The molecule has 5 rings (SSSR count). The molecule has 1 N–H and O–H groups in total. The molecular formula is C27H32N4O2. The maximum atomic E-state index is 13.5. The van der Waals surface area contributed by atoms with Crippen LogP contribution in [-0.4, -0.2) is 56.1 Å². The van der Waals surface area contributed by atoms with Crippen LogP contribution in [-0.2, 0) is 5.54 Å². The summed E-state index contributed by atoms with van der Waals surface area (Å²) in [6.45, 7) is 3.75. The molecule has 2 fully saturated rings. The molecule has 1 aromatic heterocycles. The van der Waals surface area contributed by atoms with E-state index in [-0.39, 0.29) is 11.4 Å². The number of carbonyl (C=O) groups is 1. The van der Waals surface area contributed by atoms with Crippen molar-refractivity contribution in [3.63, 3.8) is 0 Å². The molecule has 0 radical (unpaired) electrons. The van der Waals surface area contributed by atoms with Crippen LogP contribution in [0.5, 0.6) is 5.75 Å². The monoisotopic (exact) mass is 444 g/mol. The summed E-state index contributed by atoms with van der Waals surface area (Å²) < 4.78 is 6.02. The van der Waals surface area contributed by atoms with Crippen LogP contribution in [0.25, 0.3) is 10.9 Å². The number of nitrogens with one attached hydrogen (secondary N) is 1. The second-order valence-electron chi connectivity index (χ2n) is 9.70. The Morgan fingerprint density at radius 2 is 2.06 bits per heavy atom. The van der Waals surface area contributed by atoms with E-state index in [1.54, 1.807) is 0 Å². The number of likely N-dealkylation sites (N-methyl/N-ethyl adjacent to an activating group) is 1.